The van der Waals surface area contributed by atoms with Crippen molar-refractivity contribution in [3.63, 3.8) is 0 Å². The molecule has 3 aromatic rings. The topological polar surface area (TPSA) is 30.7 Å². The fourth-order valence-corrected chi connectivity index (χ4v) is 2.19. The van der Waals surface area contributed by atoms with E-state index < -0.39 is 0 Å². The Bertz CT molecular complexity index is 750. The number of hydrogen-bond acceptors (Lipinski definition) is 2. The van der Waals surface area contributed by atoms with Crippen molar-refractivity contribution < 1.29 is 4.39 Å². The van der Waals surface area contributed by atoms with Gasteiger partial charge in [-0.15, -0.1) is 5.10 Å². The molecule has 0 N–H and O–H groups in total. The maximum atomic E-state index is 12.9. The van der Waals surface area contributed by atoms with Crippen molar-refractivity contribution in [3.8, 4) is 17.1 Å². The molecule has 1 aromatic heterocycles. The molecule has 0 spiro atoms. The first kappa shape index (κ1) is 12.8. The van der Waals surface area contributed by atoms with E-state index in [0.717, 1.165) is 11.1 Å². The zero-order valence-corrected chi connectivity index (χ0v) is 11.5. The Morgan fingerprint density at radius 3 is 2.45 bits per heavy atom. The van der Waals surface area contributed by atoms with Gasteiger partial charge in [-0.1, -0.05) is 24.3 Å². The maximum Gasteiger partial charge on any atom is 0.226 e. The Labute approximate surface area is 120 Å². The maximum absolute atomic E-state index is 12.9. The molecule has 0 aliphatic carbocycles. The number of halogens is 2. The third-order valence-corrected chi connectivity index (χ3v) is 3.27. The van der Waals surface area contributed by atoms with E-state index in [4.69, 9.17) is 11.6 Å². The summed E-state index contributed by atoms with van der Waals surface area (Å²) in [6.07, 6.45) is 0. The first-order valence-electron chi connectivity index (χ1n) is 6.09. The first-order valence-corrected chi connectivity index (χ1v) is 6.47. The number of aryl methyl sites for hydroxylation is 1. The fourth-order valence-electron chi connectivity index (χ4n) is 1.98. The lowest BCUT2D eigenvalue weighted by Gasteiger charge is -2.01. The number of hydrogen-bond donors (Lipinski definition) is 0. The number of aromatic nitrogens is 3. The molecule has 20 heavy (non-hydrogen) atoms. The van der Waals surface area contributed by atoms with E-state index in [1.807, 2.05) is 31.2 Å². The Morgan fingerprint density at radius 2 is 1.75 bits per heavy atom. The van der Waals surface area contributed by atoms with Crippen LogP contribution < -0.4 is 0 Å². The predicted molar refractivity (Wildman–Crippen MR) is 76.5 cm³/mol. The molecule has 0 bridgehead atoms. The molecule has 0 saturated carbocycles. The zero-order chi connectivity index (χ0) is 14.1. The molecule has 0 aliphatic rings. The largest absolute Gasteiger partial charge is 0.226 e. The van der Waals surface area contributed by atoms with Gasteiger partial charge >= 0.3 is 0 Å². The predicted octanol–water partition coefficient (Wildman–Crippen LogP) is 4.04. The van der Waals surface area contributed by atoms with Gasteiger partial charge in [-0.05, 0) is 48.4 Å². The fraction of sp³-hybridized carbons (Fsp3) is 0.0667. The van der Waals surface area contributed by atoms with Crippen LogP contribution in [0.25, 0.3) is 17.1 Å². The van der Waals surface area contributed by atoms with Gasteiger partial charge in [0.2, 0.25) is 5.28 Å². The molecular weight excluding hydrogens is 277 g/mol. The molecule has 0 radical (unpaired) electrons. The van der Waals surface area contributed by atoms with E-state index in [1.54, 1.807) is 12.1 Å². The second-order valence-electron chi connectivity index (χ2n) is 4.41. The molecular formula is C15H11ClFN3. The average Bonchev–Trinajstić information content (AvgIpc) is 2.82. The smallest absolute Gasteiger partial charge is 0.207 e. The van der Waals surface area contributed by atoms with E-state index in [0.29, 0.717) is 11.5 Å². The SMILES string of the molecule is Cc1ccccc1-c1nc(Cl)n(-c2ccc(F)cc2)n1. The van der Waals surface area contributed by atoms with Crippen LogP contribution in [0.2, 0.25) is 5.28 Å². The lowest BCUT2D eigenvalue weighted by molar-refractivity contribution is 0.627. The Balaban J connectivity index is 2.08. The van der Waals surface area contributed by atoms with Crippen LogP contribution in [0.1, 0.15) is 5.56 Å². The molecule has 0 atom stereocenters. The van der Waals surface area contributed by atoms with Crippen molar-refractivity contribution in [2.24, 2.45) is 0 Å². The number of benzene rings is 2. The van der Waals surface area contributed by atoms with Crippen molar-refractivity contribution in [2.75, 3.05) is 0 Å². The summed E-state index contributed by atoms with van der Waals surface area (Å²) in [5.41, 5.74) is 2.67. The summed E-state index contributed by atoms with van der Waals surface area (Å²) in [6, 6.07) is 13.8. The minimum Gasteiger partial charge on any atom is -0.207 e. The second-order valence-corrected chi connectivity index (χ2v) is 4.75. The molecule has 3 nitrogen and oxygen atoms in total. The van der Waals surface area contributed by atoms with Crippen LogP contribution in [0.3, 0.4) is 0 Å². The summed E-state index contributed by atoms with van der Waals surface area (Å²) in [6.45, 7) is 1.99. The summed E-state index contributed by atoms with van der Waals surface area (Å²) < 4.78 is 14.4. The average molecular weight is 288 g/mol. The molecule has 0 amide bonds. The lowest BCUT2D eigenvalue weighted by atomic mass is 10.1. The highest BCUT2D eigenvalue weighted by atomic mass is 35.5. The van der Waals surface area contributed by atoms with Crippen LogP contribution in [0.5, 0.6) is 0 Å². The summed E-state index contributed by atoms with van der Waals surface area (Å²) >= 11 is 6.12. The van der Waals surface area contributed by atoms with Crippen molar-refractivity contribution in [1.82, 2.24) is 14.8 Å². The second kappa shape index (κ2) is 5.06. The monoisotopic (exact) mass is 287 g/mol. The Morgan fingerprint density at radius 1 is 1.05 bits per heavy atom. The van der Waals surface area contributed by atoms with Gasteiger partial charge in [0.15, 0.2) is 5.82 Å². The lowest BCUT2D eigenvalue weighted by Crippen LogP contribution is -1.97. The molecule has 0 aliphatic heterocycles. The molecule has 100 valence electrons. The van der Waals surface area contributed by atoms with Crippen molar-refractivity contribution in [2.45, 2.75) is 6.92 Å². The molecule has 5 heteroatoms. The van der Waals surface area contributed by atoms with Gasteiger partial charge in [-0.2, -0.15) is 4.98 Å². The highest BCUT2D eigenvalue weighted by molar-refractivity contribution is 6.28. The van der Waals surface area contributed by atoms with Gasteiger partial charge in [0.1, 0.15) is 5.82 Å². The molecule has 0 fully saturated rings. The Kier molecular flexibility index (Phi) is 3.24. The number of nitrogens with zero attached hydrogens (tertiary/aromatic N) is 3. The summed E-state index contributed by atoms with van der Waals surface area (Å²) in [5, 5.41) is 4.64. The van der Waals surface area contributed by atoms with E-state index >= 15 is 0 Å². The van der Waals surface area contributed by atoms with E-state index in [-0.39, 0.29) is 11.1 Å². The molecule has 3 rings (SSSR count). The minimum atomic E-state index is -0.302. The van der Waals surface area contributed by atoms with Gasteiger partial charge in [-0.3, -0.25) is 0 Å². The van der Waals surface area contributed by atoms with Crippen LogP contribution in [-0.2, 0) is 0 Å². The minimum absolute atomic E-state index is 0.245. The van der Waals surface area contributed by atoms with Crippen molar-refractivity contribution in [3.05, 3.63) is 65.2 Å². The first-order chi connectivity index (χ1) is 9.65. The molecule has 0 saturated heterocycles. The van der Waals surface area contributed by atoms with E-state index in [2.05, 4.69) is 10.1 Å². The quantitative estimate of drug-likeness (QED) is 0.712. The van der Waals surface area contributed by atoms with Crippen molar-refractivity contribution >= 4 is 11.6 Å². The van der Waals surface area contributed by atoms with Gasteiger partial charge < -0.3 is 0 Å². The third-order valence-electron chi connectivity index (χ3n) is 3.02. The van der Waals surface area contributed by atoms with E-state index in [9.17, 15) is 4.39 Å². The van der Waals surface area contributed by atoms with Crippen LogP contribution in [0, 0.1) is 12.7 Å². The van der Waals surface area contributed by atoms with Crippen LogP contribution in [0.4, 0.5) is 4.39 Å². The zero-order valence-electron chi connectivity index (χ0n) is 10.7. The van der Waals surface area contributed by atoms with Crippen LogP contribution >= 0.6 is 11.6 Å². The normalized spacial score (nSPS) is 10.8. The van der Waals surface area contributed by atoms with Gasteiger partial charge in [0.05, 0.1) is 5.69 Å². The summed E-state index contributed by atoms with van der Waals surface area (Å²) in [7, 11) is 0. The number of rotatable bonds is 2. The summed E-state index contributed by atoms with van der Waals surface area (Å²) in [5.74, 6) is 0.251. The van der Waals surface area contributed by atoms with Crippen LogP contribution in [0.15, 0.2) is 48.5 Å². The Hall–Kier alpha value is -2.20. The molecule has 1 heterocycles. The van der Waals surface area contributed by atoms with Crippen molar-refractivity contribution in [1.29, 1.82) is 0 Å². The van der Waals surface area contributed by atoms with Gasteiger partial charge in [0, 0.05) is 5.56 Å². The highest BCUT2D eigenvalue weighted by Crippen LogP contribution is 2.23. The standard InChI is InChI=1S/C15H11ClFN3/c1-10-4-2-3-5-13(10)14-18-15(16)20(19-14)12-8-6-11(17)7-9-12/h2-9H,1H3. The summed E-state index contributed by atoms with van der Waals surface area (Å²) in [4.78, 5) is 4.26. The molecule has 2 aromatic carbocycles. The van der Waals surface area contributed by atoms with Gasteiger partial charge in [0.25, 0.3) is 0 Å². The van der Waals surface area contributed by atoms with Crippen LogP contribution in [-0.4, -0.2) is 14.8 Å². The molecule has 0 unspecified atom stereocenters. The van der Waals surface area contributed by atoms with Gasteiger partial charge in [-0.25, -0.2) is 9.07 Å². The highest BCUT2D eigenvalue weighted by Gasteiger charge is 2.12. The van der Waals surface area contributed by atoms with E-state index in [1.165, 1.54) is 16.8 Å². The third kappa shape index (κ3) is 2.30.